The molecule has 0 bridgehead atoms. The lowest BCUT2D eigenvalue weighted by molar-refractivity contribution is -0.121. The van der Waals surface area contributed by atoms with Gasteiger partial charge in [0.2, 0.25) is 11.8 Å². The van der Waals surface area contributed by atoms with Gasteiger partial charge in [0.1, 0.15) is 0 Å². The fourth-order valence-corrected chi connectivity index (χ4v) is 5.18. The van der Waals surface area contributed by atoms with Crippen LogP contribution in [0, 0.1) is 11.8 Å². The zero-order chi connectivity index (χ0) is 17.9. The first-order valence-corrected chi connectivity index (χ1v) is 10.4. The summed E-state index contributed by atoms with van der Waals surface area (Å²) in [5.74, 6) is 2.08. The van der Waals surface area contributed by atoms with Crippen molar-refractivity contribution in [2.24, 2.45) is 11.8 Å². The Bertz CT molecular complexity index is 655. The summed E-state index contributed by atoms with van der Waals surface area (Å²) in [6, 6.07) is 8.28. The molecule has 26 heavy (non-hydrogen) atoms. The molecule has 4 nitrogen and oxygen atoms in total. The Hall–Kier alpha value is -1.84. The van der Waals surface area contributed by atoms with E-state index < -0.39 is 0 Å². The van der Waals surface area contributed by atoms with Crippen LogP contribution in [0.4, 0.5) is 5.69 Å². The van der Waals surface area contributed by atoms with E-state index in [0.717, 1.165) is 42.5 Å². The minimum absolute atomic E-state index is 0.134. The van der Waals surface area contributed by atoms with E-state index in [4.69, 9.17) is 0 Å². The molecule has 1 heterocycles. The van der Waals surface area contributed by atoms with E-state index >= 15 is 0 Å². The number of carbonyl (C=O) groups is 2. The standard InChI is InChI=1S/C22H30N2O2/c25-21(23-19-10-9-17-4-1-2-5-18(17)15-19)14-16-7-11-20(12-8-16)24-13-3-6-22(24)26/h7-8,11-12,17-19H,1-6,9-10,13-15H2,(H,23,25)/t17-,18-,19+/m0/s1. The number of nitrogens with zero attached hydrogens (tertiary/aromatic N) is 1. The summed E-state index contributed by atoms with van der Waals surface area (Å²) in [7, 11) is 0. The third kappa shape index (κ3) is 3.94. The Morgan fingerprint density at radius 2 is 1.77 bits per heavy atom. The van der Waals surface area contributed by atoms with Gasteiger partial charge in [-0.2, -0.15) is 0 Å². The lowest BCUT2D eigenvalue weighted by Gasteiger charge is -2.39. The van der Waals surface area contributed by atoms with Gasteiger partial charge in [-0.1, -0.05) is 37.8 Å². The second-order valence-electron chi connectivity index (χ2n) is 8.37. The van der Waals surface area contributed by atoms with E-state index in [-0.39, 0.29) is 11.8 Å². The van der Waals surface area contributed by atoms with Gasteiger partial charge in [0.15, 0.2) is 0 Å². The van der Waals surface area contributed by atoms with Gasteiger partial charge in [-0.25, -0.2) is 0 Å². The first-order valence-electron chi connectivity index (χ1n) is 10.4. The molecule has 0 unspecified atom stereocenters. The molecule has 0 aromatic heterocycles. The summed E-state index contributed by atoms with van der Waals surface area (Å²) < 4.78 is 0. The smallest absolute Gasteiger partial charge is 0.227 e. The molecule has 140 valence electrons. The van der Waals surface area contributed by atoms with Crippen molar-refractivity contribution in [2.45, 2.75) is 70.3 Å². The zero-order valence-electron chi connectivity index (χ0n) is 15.6. The Morgan fingerprint density at radius 3 is 2.50 bits per heavy atom. The van der Waals surface area contributed by atoms with Crippen molar-refractivity contribution < 1.29 is 9.59 Å². The Kier molecular flexibility index (Phi) is 5.28. The summed E-state index contributed by atoms with van der Waals surface area (Å²) >= 11 is 0. The van der Waals surface area contributed by atoms with Crippen molar-refractivity contribution in [1.82, 2.24) is 5.32 Å². The van der Waals surface area contributed by atoms with Crippen LogP contribution in [0.5, 0.6) is 0 Å². The minimum atomic E-state index is 0.134. The third-order valence-corrected chi connectivity index (χ3v) is 6.59. The molecule has 0 spiro atoms. The van der Waals surface area contributed by atoms with Crippen molar-refractivity contribution >= 4 is 17.5 Å². The average molecular weight is 354 g/mol. The Morgan fingerprint density at radius 1 is 1.00 bits per heavy atom. The van der Waals surface area contributed by atoms with Gasteiger partial charge in [-0.3, -0.25) is 9.59 Å². The lowest BCUT2D eigenvalue weighted by atomic mass is 9.69. The van der Waals surface area contributed by atoms with Crippen LogP contribution in [0.3, 0.4) is 0 Å². The van der Waals surface area contributed by atoms with Crippen molar-refractivity contribution in [2.75, 3.05) is 11.4 Å². The van der Waals surface area contributed by atoms with E-state index in [1.165, 1.54) is 38.5 Å². The molecule has 1 saturated heterocycles. The normalized spacial score (nSPS) is 28.7. The van der Waals surface area contributed by atoms with Gasteiger partial charge in [-0.05, 0) is 55.2 Å². The monoisotopic (exact) mass is 354 g/mol. The van der Waals surface area contributed by atoms with Gasteiger partial charge >= 0.3 is 0 Å². The van der Waals surface area contributed by atoms with Gasteiger partial charge in [0, 0.05) is 24.7 Å². The second-order valence-corrected chi connectivity index (χ2v) is 8.37. The Labute approximate surface area is 156 Å². The van der Waals surface area contributed by atoms with Crippen LogP contribution in [-0.4, -0.2) is 24.4 Å². The van der Waals surface area contributed by atoms with Crippen LogP contribution in [-0.2, 0) is 16.0 Å². The number of rotatable bonds is 4. The second kappa shape index (κ2) is 7.81. The third-order valence-electron chi connectivity index (χ3n) is 6.59. The van der Waals surface area contributed by atoms with E-state index in [9.17, 15) is 9.59 Å². The summed E-state index contributed by atoms with van der Waals surface area (Å²) in [6.45, 7) is 0.808. The molecule has 3 aliphatic rings. The van der Waals surface area contributed by atoms with Crippen LogP contribution < -0.4 is 10.2 Å². The predicted octanol–water partition coefficient (Wildman–Crippen LogP) is 3.83. The molecule has 4 rings (SSSR count). The summed E-state index contributed by atoms with van der Waals surface area (Å²) in [6.07, 6.45) is 11.1. The molecular formula is C22H30N2O2. The average Bonchev–Trinajstić information content (AvgIpc) is 3.08. The number of anilines is 1. The van der Waals surface area contributed by atoms with E-state index in [1.807, 2.05) is 29.2 Å². The first-order chi connectivity index (χ1) is 12.7. The fourth-order valence-electron chi connectivity index (χ4n) is 5.18. The predicted molar refractivity (Wildman–Crippen MR) is 103 cm³/mol. The molecule has 1 aliphatic heterocycles. The van der Waals surface area contributed by atoms with Crippen molar-refractivity contribution in [1.29, 1.82) is 0 Å². The number of amides is 2. The number of hydrogen-bond donors (Lipinski definition) is 1. The van der Waals surface area contributed by atoms with Crippen LogP contribution in [0.1, 0.15) is 63.4 Å². The number of fused-ring (bicyclic) bond motifs is 1. The highest BCUT2D eigenvalue weighted by molar-refractivity contribution is 5.95. The summed E-state index contributed by atoms with van der Waals surface area (Å²) in [5.41, 5.74) is 1.97. The van der Waals surface area contributed by atoms with E-state index in [2.05, 4.69) is 5.32 Å². The molecular weight excluding hydrogens is 324 g/mol. The van der Waals surface area contributed by atoms with Gasteiger partial charge in [0.25, 0.3) is 0 Å². The van der Waals surface area contributed by atoms with Crippen LogP contribution >= 0.6 is 0 Å². The van der Waals surface area contributed by atoms with E-state index in [1.54, 1.807) is 0 Å². The van der Waals surface area contributed by atoms with Gasteiger partial charge in [0.05, 0.1) is 6.42 Å². The topological polar surface area (TPSA) is 49.4 Å². The van der Waals surface area contributed by atoms with Crippen molar-refractivity contribution in [3.8, 4) is 0 Å². The number of nitrogens with one attached hydrogen (secondary N) is 1. The molecule has 3 atom stereocenters. The van der Waals surface area contributed by atoms with Crippen LogP contribution in [0.15, 0.2) is 24.3 Å². The van der Waals surface area contributed by atoms with E-state index in [0.29, 0.717) is 18.9 Å². The molecule has 0 radical (unpaired) electrons. The maximum Gasteiger partial charge on any atom is 0.227 e. The summed E-state index contributed by atoms with van der Waals surface area (Å²) in [4.78, 5) is 26.1. The highest BCUT2D eigenvalue weighted by Crippen LogP contribution is 2.40. The molecule has 3 fully saturated rings. The lowest BCUT2D eigenvalue weighted by Crippen LogP contribution is -2.42. The highest BCUT2D eigenvalue weighted by Gasteiger charge is 2.32. The number of carbonyl (C=O) groups excluding carboxylic acids is 2. The van der Waals surface area contributed by atoms with Gasteiger partial charge in [-0.15, -0.1) is 0 Å². The van der Waals surface area contributed by atoms with Crippen molar-refractivity contribution in [3.63, 3.8) is 0 Å². The van der Waals surface area contributed by atoms with Crippen LogP contribution in [0.2, 0.25) is 0 Å². The van der Waals surface area contributed by atoms with Crippen molar-refractivity contribution in [3.05, 3.63) is 29.8 Å². The van der Waals surface area contributed by atoms with Gasteiger partial charge < -0.3 is 10.2 Å². The molecule has 1 N–H and O–H groups in total. The zero-order valence-corrected chi connectivity index (χ0v) is 15.6. The number of hydrogen-bond acceptors (Lipinski definition) is 2. The SMILES string of the molecule is O=C(Cc1ccc(N2CCCC2=O)cc1)N[C@@H]1CC[C@@H]2CCCC[C@H]2C1. The Balaban J connectivity index is 1.28. The largest absolute Gasteiger partial charge is 0.353 e. The first kappa shape index (κ1) is 17.6. The maximum absolute atomic E-state index is 12.5. The van der Waals surface area contributed by atoms with Crippen LogP contribution in [0.25, 0.3) is 0 Å². The highest BCUT2D eigenvalue weighted by atomic mass is 16.2. The molecule has 1 aromatic carbocycles. The number of benzene rings is 1. The molecule has 2 saturated carbocycles. The molecule has 1 aromatic rings. The molecule has 2 amide bonds. The molecule has 2 aliphatic carbocycles. The minimum Gasteiger partial charge on any atom is -0.353 e. The quantitative estimate of drug-likeness (QED) is 0.893. The fraction of sp³-hybridized carbons (Fsp3) is 0.636. The molecule has 4 heteroatoms. The summed E-state index contributed by atoms with van der Waals surface area (Å²) in [5, 5.41) is 3.27. The maximum atomic E-state index is 12.5.